The summed E-state index contributed by atoms with van der Waals surface area (Å²) in [5, 5.41) is 4.14. The van der Waals surface area contributed by atoms with Crippen molar-refractivity contribution in [3.8, 4) is 0 Å². The van der Waals surface area contributed by atoms with Crippen LogP contribution in [0.4, 0.5) is 5.69 Å². The van der Waals surface area contributed by atoms with Crippen LogP contribution in [0.1, 0.15) is 0 Å². The SMILES string of the molecule is C=C[C@H]1CNCCN1c1cccc(Cl)c1. The Labute approximate surface area is 95.5 Å². The zero-order chi connectivity index (χ0) is 10.7. The lowest BCUT2D eigenvalue weighted by molar-refractivity contribution is 0.530. The lowest BCUT2D eigenvalue weighted by Crippen LogP contribution is -2.50. The third kappa shape index (κ3) is 2.33. The maximum absolute atomic E-state index is 5.99. The summed E-state index contributed by atoms with van der Waals surface area (Å²) in [7, 11) is 0. The number of hydrogen-bond donors (Lipinski definition) is 1. The fraction of sp³-hybridized carbons (Fsp3) is 0.333. The second-order valence-corrected chi connectivity index (χ2v) is 4.12. The lowest BCUT2D eigenvalue weighted by atomic mass is 10.1. The van der Waals surface area contributed by atoms with Crippen molar-refractivity contribution in [1.82, 2.24) is 5.32 Å². The second kappa shape index (κ2) is 4.69. The van der Waals surface area contributed by atoms with E-state index in [0.717, 1.165) is 24.7 Å². The van der Waals surface area contributed by atoms with Gasteiger partial charge in [-0.05, 0) is 18.2 Å². The quantitative estimate of drug-likeness (QED) is 0.773. The first-order valence-corrected chi connectivity index (χ1v) is 5.54. The molecule has 0 saturated carbocycles. The molecule has 0 aliphatic carbocycles. The Morgan fingerprint density at radius 3 is 3.13 bits per heavy atom. The van der Waals surface area contributed by atoms with Gasteiger partial charge in [-0.1, -0.05) is 23.7 Å². The molecule has 1 atom stereocenters. The van der Waals surface area contributed by atoms with Crippen molar-refractivity contribution >= 4 is 17.3 Å². The molecule has 0 aromatic heterocycles. The summed E-state index contributed by atoms with van der Waals surface area (Å²) in [5.74, 6) is 0. The molecule has 0 amide bonds. The highest BCUT2D eigenvalue weighted by molar-refractivity contribution is 6.30. The minimum atomic E-state index is 0.359. The van der Waals surface area contributed by atoms with Crippen molar-refractivity contribution in [3.63, 3.8) is 0 Å². The van der Waals surface area contributed by atoms with E-state index >= 15 is 0 Å². The summed E-state index contributed by atoms with van der Waals surface area (Å²) >= 11 is 5.99. The average molecular weight is 223 g/mol. The van der Waals surface area contributed by atoms with Gasteiger partial charge in [0.1, 0.15) is 0 Å². The molecule has 1 aliphatic heterocycles. The molecule has 1 aromatic carbocycles. The highest BCUT2D eigenvalue weighted by Gasteiger charge is 2.19. The summed E-state index contributed by atoms with van der Waals surface area (Å²) in [5.41, 5.74) is 1.17. The van der Waals surface area contributed by atoms with Crippen molar-refractivity contribution in [1.29, 1.82) is 0 Å². The van der Waals surface area contributed by atoms with E-state index in [1.54, 1.807) is 0 Å². The third-order valence-electron chi connectivity index (χ3n) is 2.70. The first kappa shape index (κ1) is 10.5. The minimum Gasteiger partial charge on any atom is -0.363 e. The van der Waals surface area contributed by atoms with Crippen molar-refractivity contribution < 1.29 is 0 Å². The Morgan fingerprint density at radius 2 is 2.40 bits per heavy atom. The Morgan fingerprint density at radius 1 is 1.53 bits per heavy atom. The van der Waals surface area contributed by atoms with Crippen LogP contribution in [-0.4, -0.2) is 25.7 Å². The molecule has 0 unspecified atom stereocenters. The molecule has 1 N–H and O–H groups in total. The van der Waals surface area contributed by atoms with Crippen LogP contribution in [0.3, 0.4) is 0 Å². The van der Waals surface area contributed by atoms with Crippen LogP contribution < -0.4 is 10.2 Å². The van der Waals surface area contributed by atoms with Gasteiger partial charge in [-0.3, -0.25) is 0 Å². The normalized spacial score (nSPS) is 21.4. The molecule has 15 heavy (non-hydrogen) atoms. The minimum absolute atomic E-state index is 0.359. The van der Waals surface area contributed by atoms with Crippen LogP contribution in [0.15, 0.2) is 36.9 Å². The largest absolute Gasteiger partial charge is 0.363 e. The van der Waals surface area contributed by atoms with Gasteiger partial charge in [-0.25, -0.2) is 0 Å². The topological polar surface area (TPSA) is 15.3 Å². The van der Waals surface area contributed by atoms with Gasteiger partial charge in [0, 0.05) is 30.3 Å². The fourth-order valence-corrected chi connectivity index (χ4v) is 2.10. The highest BCUT2D eigenvalue weighted by atomic mass is 35.5. The number of halogens is 1. The van der Waals surface area contributed by atoms with Gasteiger partial charge in [0.05, 0.1) is 6.04 Å². The molecule has 1 aromatic rings. The number of nitrogens with one attached hydrogen (secondary N) is 1. The molecule has 1 saturated heterocycles. The van der Waals surface area contributed by atoms with Crippen molar-refractivity contribution in [2.45, 2.75) is 6.04 Å². The third-order valence-corrected chi connectivity index (χ3v) is 2.93. The molecule has 0 radical (unpaired) electrons. The maximum atomic E-state index is 5.99. The van der Waals surface area contributed by atoms with Crippen LogP contribution in [-0.2, 0) is 0 Å². The summed E-state index contributed by atoms with van der Waals surface area (Å²) in [6.45, 7) is 6.83. The Bertz CT molecular complexity index is 351. The average Bonchev–Trinajstić information content (AvgIpc) is 2.29. The molecular formula is C12H15ClN2. The Kier molecular flexibility index (Phi) is 3.29. The van der Waals surface area contributed by atoms with Gasteiger partial charge in [-0.15, -0.1) is 6.58 Å². The van der Waals surface area contributed by atoms with Gasteiger partial charge in [0.15, 0.2) is 0 Å². The van der Waals surface area contributed by atoms with E-state index in [1.807, 2.05) is 24.3 Å². The Hall–Kier alpha value is -0.990. The highest BCUT2D eigenvalue weighted by Crippen LogP contribution is 2.22. The van der Waals surface area contributed by atoms with Crippen LogP contribution >= 0.6 is 11.6 Å². The molecule has 1 fully saturated rings. The van der Waals surface area contributed by atoms with Crippen LogP contribution in [0.25, 0.3) is 0 Å². The number of benzene rings is 1. The molecule has 0 spiro atoms. The van der Waals surface area contributed by atoms with Crippen molar-refractivity contribution in [2.24, 2.45) is 0 Å². The Balaban J connectivity index is 2.23. The van der Waals surface area contributed by atoms with E-state index in [4.69, 9.17) is 11.6 Å². The fourth-order valence-electron chi connectivity index (χ4n) is 1.91. The van der Waals surface area contributed by atoms with Gasteiger partial charge >= 0.3 is 0 Å². The number of piperazine rings is 1. The van der Waals surface area contributed by atoms with E-state index in [1.165, 1.54) is 5.69 Å². The number of rotatable bonds is 2. The smallest absolute Gasteiger partial charge is 0.0595 e. The van der Waals surface area contributed by atoms with Gasteiger partial charge in [0.2, 0.25) is 0 Å². The molecule has 3 heteroatoms. The molecule has 1 aliphatic rings. The number of anilines is 1. The van der Waals surface area contributed by atoms with E-state index < -0.39 is 0 Å². The van der Waals surface area contributed by atoms with E-state index in [0.29, 0.717) is 6.04 Å². The predicted molar refractivity (Wildman–Crippen MR) is 65.7 cm³/mol. The van der Waals surface area contributed by atoms with Gasteiger partial charge in [-0.2, -0.15) is 0 Å². The molecular weight excluding hydrogens is 208 g/mol. The summed E-state index contributed by atoms with van der Waals surface area (Å²) < 4.78 is 0. The molecule has 0 bridgehead atoms. The van der Waals surface area contributed by atoms with Crippen molar-refractivity contribution in [3.05, 3.63) is 41.9 Å². The van der Waals surface area contributed by atoms with Crippen molar-refractivity contribution in [2.75, 3.05) is 24.5 Å². The van der Waals surface area contributed by atoms with Crippen LogP contribution in [0.5, 0.6) is 0 Å². The zero-order valence-electron chi connectivity index (χ0n) is 8.62. The number of nitrogens with zero attached hydrogens (tertiary/aromatic N) is 1. The summed E-state index contributed by atoms with van der Waals surface area (Å²) in [6, 6.07) is 8.34. The number of hydrogen-bond acceptors (Lipinski definition) is 2. The maximum Gasteiger partial charge on any atom is 0.0595 e. The van der Waals surface area contributed by atoms with Gasteiger partial charge < -0.3 is 10.2 Å². The molecule has 2 nitrogen and oxygen atoms in total. The standard InChI is InChI=1S/C12H15ClN2/c1-2-11-9-14-6-7-15(11)12-5-3-4-10(13)8-12/h2-5,8,11,14H,1,6-7,9H2/t11-/m0/s1. The first-order valence-electron chi connectivity index (χ1n) is 5.17. The zero-order valence-corrected chi connectivity index (χ0v) is 9.37. The second-order valence-electron chi connectivity index (χ2n) is 3.68. The van der Waals surface area contributed by atoms with E-state index in [9.17, 15) is 0 Å². The summed E-state index contributed by atoms with van der Waals surface area (Å²) in [6.07, 6.45) is 1.98. The lowest BCUT2D eigenvalue weighted by Gasteiger charge is -2.36. The molecule has 1 heterocycles. The predicted octanol–water partition coefficient (Wildman–Crippen LogP) is 2.30. The van der Waals surface area contributed by atoms with Gasteiger partial charge in [0.25, 0.3) is 0 Å². The molecule has 2 rings (SSSR count). The van der Waals surface area contributed by atoms with Crippen LogP contribution in [0.2, 0.25) is 5.02 Å². The van der Waals surface area contributed by atoms with E-state index in [2.05, 4.69) is 22.9 Å². The monoisotopic (exact) mass is 222 g/mol. The van der Waals surface area contributed by atoms with Crippen LogP contribution in [0, 0.1) is 0 Å². The summed E-state index contributed by atoms with van der Waals surface area (Å²) in [4.78, 5) is 2.33. The first-order chi connectivity index (χ1) is 7.31. The molecule has 80 valence electrons. The van der Waals surface area contributed by atoms with E-state index in [-0.39, 0.29) is 0 Å².